The van der Waals surface area contributed by atoms with Gasteiger partial charge in [-0.1, -0.05) is 0 Å². The van der Waals surface area contributed by atoms with Crippen LogP contribution in [0, 0.1) is 10.1 Å². The van der Waals surface area contributed by atoms with E-state index in [9.17, 15) is 19.7 Å². The van der Waals surface area contributed by atoms with Gasteiger partial charge in [0.1, 0.15) is 11.7 Å². The topological polar surface area (TPSA) is 135 Å². The molecule has 1 heterocycles. The van der Waals surface area contributed by atoms with E-state index in [0.29, 0.717) is 0 Å². The number of hydrogen-bond acceptors (Lipinski definition) is 5. The molecule has 0 aromatic carbocycles. The Bertz CT molecular complexity index is 578. The second kappa shape index (κ2) is 5.92. The Balaban J connectivity index is 2.21. The minimum Gasteiger partial charge on any atom is -0.480 e. The lowest BCUT2D eigenvalue weighted by atomic mass is 10.2. The summed E-state index contributed by atoms with van der Waals surface area (Å²) in [4.78, 5) is 33.3. The van der Waals surface area contributed by atoms with Gasteiger partial charge in [0.2, 0.25) is 0 Å². The lowest BCUT2D eigenvalue weighted by Gasteiger charge is -2.14. The van der Waals surface area contributed by atoms with Crippen LogP contribution in [0.25, 0.3) is 0 Å². The highest BCUT2D eigenvalue weighted by atomic mass is 16.6. The Hall–Kier alpha value is -2.42. The van der Waals surface area contributed by atoms with Gasteiger partial charge >= 0.3 is 5.97 Å². The first-order chi connectivity index (χ1) is 9.93. The monoisotopic (exact) mass is 297 g/mol. The molecular weight excluding hydrogens is 282 g/mol. The van der Waals surface area contributed by atoms with Gasteiger partial charge in [0.05, 0.1) is 11.1 Å². The number of carboxylic acids is 1. The summed E-state index contributed by atoms with van der Waals surface area (Å²) in [7, 11) is 0. The molecule has 2 rings (SSSR count). The second-order valence-electron chi connectivity index (χ2n) is 4.86. The van der Waals surface area contributed by atoms with E-state index in [4.69, 9.17) is 10.2 Å². The van der Waals surface area contributed by atoms with Crippen molar-refractivity contribution in [3.63, 3.8) is 0 Å². The number of nitro groups is 1. The predicted octanol–water partition coefficient (Wildman–Crippen LogP) is 0.297. The van der Waals surface area contributed by atoms with Gasteiger partial charge in [-0.15, -0.1) is 0 Å². The predicted molar refractivity (Wildman–Crippen MR) is 70.0 cm³/mol. The van der Waals surface area contributed by atoms with Gasteiger partial charge in [-0.2, -0.15) is 0 Å². The van der Waals surface area contributed by atoms with Crippen molar-refractivity contribution in [3.05, 3.63) is 28.1 Å². The van der Waals surface area contributed by atoms with Crippen molar-refractivity contribution in [2.24, 2.45) is 0 Å². The minimum absolute atomic E-state index is 0.0422. The van der Waals surface area contributed by atoms with E-state index in [1.54, 1.807) is 0 Å². The van der Waals surface area contributed by atoms with E-state index in [1.165, 1.54) is 10.8 Å². The molecule has 1 aromatic rings. The van der Waals surface area contributed by atoms with Gasteiger partial charge < -0.3 is 20.1 Å². The van der Waals surface area contributed by atoms with Crippen LogP contribution < -0.4 is 5.32 Å². The highest BCUT2D eigenvalue weighted by Crippen LogP contribution is 2.37. The van der Waals surface area contributed by atoms with Gasteiger partial charge in [-0.25, -0.2) is 4.79 Å². The van der Waals surface area contributed by atoms with Crippen LogP contribution in [0.1, 0.15) is 35.8 Å². The summed E-state index contributed by atoms with van der Waals surface area (Å²) in [5, 5.41) is 30.8. The first-order valence-corrected chi connectivity index (χ1v) is 6.44. The normalized spacial score (nSPS) is 15.5. The molecule has 1 aliphatic carbocycles. The minimum atomic E-state index is -1.27. The van der Waals surface area contributed by atoms with Crippen molar-refractivity contribution in [2.75, 3.05) is 6.61 Å². The van der Waals surface area contributed by atoms with Crippen LogP contribution in [0.5, 0.6) is 0 Å². The lowest BCUT2D eigenvalue weighted by molar-refractivity contribution is -0.384. The van der Waals surface area contributed by atoms with E-state index < -0.39 is 22.8 Å². The quantitative estimate of drug-likeness (QED) is 0.489. The summed E-state index contributed by atoms with van der Waals surface area (Å²) in [5.74, 6) is -1.97. The third-order valence-corrected chi connectivity index (χ3v) is 3.24. The van der Waals surface area contributed by atoms with Crippen LogP contribution in [0.15, 0.2) is 12.3 Å². The van der Waals surface area contributed by atoms with E-state index in [2.05, 4.69) is 5.32 Å². The maximum atomic E-state index is 12.1. The van der Waals surface area contributed by atoms with E-state index >= 15 is 0 Å². The molecule has 1 aromatic heterocycles. The summed E-state index contributed by atoms with van der Waals surface area (Å²) in [6.45, 7) is -0.388. The Morgan fingerprint density at radius 1 is 1.52 bits per heavy atom. The van der Waals surface area contributed by atoms with Crippen molar-refractivity contribution < 1.29 is 24.7 Å². The van der Waals surface area contributed by atoms with Gasteiger partial charge in [-0.3, -0.25) is 14.9 Å². The molecule has 1 atom stereocenters. The van der Waals surface area contributed by atoms with Crippen molar-refractivity contribution in [2.45, 2.75) is 31.3 Å². The van der Waals surface area contributed by atoms with Gasteiger partial charge in [0.15, 0.2) is 0 Å². The fourth-order valence-corrected chi connectivity index (χ4v) is 2.02. The zero-order chi connectivity index (χ0) is 15.6. The largest absolute Gasteiger partial charge is 0.480 e. The molecule has 1 fully saturated rings. The standard InChI is InChI=1S/C12H15N3O6/c16-4-3-9(12(18)19)13-11(17)10-5-8(15(20)21)6-14(10)7-1-2-7/h5-7,9,16H,1-4H2,(H,13,17)(H,18,19)/t9-/m1/s1. The molecule has 114 valence electrons. The molecular formula is C12H15N3O6. The molecule has 0 bridgehead atoms. The molecule has 1 aliphatic rings. The Labute approximate surface area is 119 Å². The maximum absolute atomic E-state index is 12.1. The third kappa shape index (κ3) is 3.37. The zero-order valence-corrected chi connectivity index (χ0v) is 11.1. The van der Waals surface area contributed by atoms with Crippen LogP contribution >= 0.6 is 0 Å². The molecule has 21 heavy (non-hydrogen) atoms. The van der Waals surface area contributed by atoms with Gasteiger partial charge in [-0.05, 0) is 12.8 Å². The lowest BCUT2D eigenvalue weighted by Crippen LogP contribution is -2.42. The average Bonchev–Trinajstić information content (AvgIpc) is 3.16. The third-order valence-electron chi connectivity index (χ3n) is 3.24. The van der Waals surface area contributed by atoms with Crippen LogP contribution in [0.4, 0.5) is 5.69 Å². The number of carbonyl (C=O) groups excluding carboxylic acids is 1. The number of aromatic nitrogens is 1. The van der Waals surface area contributed by atoms with Crippen LogP contribution in [0.3, 0.4) is 0 Å². The molecule has 3 N–H and O–H groups in total. The zero-order valence-electron chi connectivity index (χ0n) is 11.1. The van der Waals surface area contributed by atoms with Crippen molar-refractivity contribution in [1.82, 2.24) is 9.88 Å². The number of hydrogen-bond donors (Lipinski definition) is 3. The maximum Gasteiger partial charge on any atom is 0.326 e. The highest BCUT2D eigenvalue weighted by molar-refractivity contribution is 5.96. The molecule has 0 aliphatic heterocycles. The van der Waals surface area contributed by atoms with Crippen molar-refractivity contribution in [1.29, 1.82) is 0 Å². The number of amides is 1. The Morgan fingerprint density at radius 2 is 2.19 bits per heavy atom. The van der Waals surface area contributed by atoms with E-state index in [1.807, 2.05) is 0 Å². The first-order valence-electron chi connectivity index (χ1n) is 6.44. The Morgan fingerprint density at radius 3 is 2.67 bits per heavy atom. The fraction of sp³-hybridized carbons (Fsp3) is 0.500. The van der Waals surface area contributed by atoms with Crippen molar-refractivity contribution >= 4 is 17.6 Å². The number of carboxylic acid groups (broad SMARTS) is 1. The second-order valence-corrected chi connectivity index (χ2v) is 4.86. The smallest absolute Gasteiger partial charge is 0.326 e. The van der Waals surface area contributed by atoms with Crippen LogP contribution in [-0.4, -0.2) is 44.2 Å². The SMILES string of the molecule is O=C(N[C@H](CCO)C(=O)O)c1cc([N+](=O)[O-])cn1C1CC1. The number of carbonyl (C=O) groups is 2. The molecule has 1 amide bonds. The number of aliphatic hydroxyl groups is 1. The summed E-state index contributed by atoms with van der Waals surface area (Å²) < 4.78 is 1.51. The van der Waals surface area contributed by atoms with Crippen molar-refractivity contribution in [3.8, 4) is 0 Å². The average molecular weight is 297 g/mol. The summed E-state index contributed by atoms with van der Waals surface area (Å²) in [6, 6.07) is -0.0596. The molecule has 0 radical (unpaired) electrons. The van der Waals surface area contributed by atoms with Gasteiger partial charge in [0, 0.05) is 25.1 Å². The number of nitrogens with zero attached hydrogens (tertiary/aromatic N) is 2. The molecule has 0 unspecified atom stereocenters. The van der Waals surface area contributed by atoms with Gasteiger partial charge in [0.25, 0.3) is 11.6 Å². The summed E-state index contributed by atoms with van der Waals surface area (Å²) >= 11 is 0. The molecule has 9 heteroatoms. The molecule has 1 saturated carbocycles. The van der Waals surface area contributed by atoms with Crippen LogP contribution in [0.2, 0.25) is 0 Å². The number of aliphatic hydroxyl groups excluding tert-OH is 1. The molecule has 0 saturated heterocycles. The number of nitrogens with one attached hydrogen (secondary N) is 1. The summed E-state index contributed by atoms with van der Waals surface area (Å²) in [5.41, 5.74) is -0.144. The van der Waals surface area contributed by atoms with Crippen LogP contribution in [-0.2, 0) is 4.79 Å². The van der Waals surface area contributed by atoms with E-state index in [0.717, 1.165) is 18.9 Å². The molecule has 0 spiro atoms. The fourth-order valence-electron chi connectivity index (χ4n) is 2.02. The number of rotatable bonds is 7. The summed E-state index contributed by atoms with van der Waals surface area (Å²) in [6.07, 6.45) is 2.80. The Kier molecular flexibility index (Phi) is 4.22. The first kappa shape index (κ1) is 15.0. The number of aliphatic carboxylic acids is 1. The molecule has 9 nitrogen and oxygen atoms in total. The van der Waals surface area contributed by atoms with E-state index in [-0.39, 0.29) is 30.5 Å². The highest BCUT2D eigenvalue weighted by Gasteiger charge is 2.31.